The van der Waals surface area contributed by atoms with Gasteiger partial charge in [0.25, 0.3) is 0 Å². The van der Waals surface area contributed by atoms with E-state index < -0.39 is 0 Å². The topological polar surface area (TPSA) is 29.9 Å². The van der Waals surface area contributed by atoms with Crippen LogP contribution in [0.5, 0.6) is 0 Å². The van der Waals surface area contributed by atoms with Gasteiger partial charge in [-0.25, -0.2) is 4.98 Å². The molecule has 2 rings (SSSR count). The van der Waals surface area contributed by atoms with E-state index in [1.54, 1.807) is 0 Å². The van der Waals surface area contributed by atoms with Gasteiger partial charge in [0.15, 0.2) is 0 Å². The van der Waals surface area contributed by atoms with Gasteiger partial charge in [0, 0.05) is 12.6 Å². The van der Waals surface area contributed by atoms with Crippen molar-refractivity contribution in [3.05, 3.63) is 29.6 Å². The molecule has 0 aliphatic heterocycles. The quantitative estimate of drug-likeness (QED) is 0.877. The molecular weight excluding hydrogens is 210 g/mol. The standard InChI is InChI=1S/C14H21N3/c1-5-15-8-12(4)17-9-16-13-6-10(2)11(3)7-14(13)17/h6-7,9,12,15H,5,8H2,1-4H3. The van der Waals surface area contributed by atoms with Gasteiger partial charge in [-0.1, -0.05) is 6.92 Å². The number of aromatic nitrogens is 2. The van der Waals surface area contributed by atoms with E-state index in [0.29, 0.717) is 6.04 Å². The van der Waals surface area contributed by atoms with E-state index in [0.717, 1.165) is 18.6 Å². The van der Waals surface area contributed by atoms with Gasteiger partial charge in [-0.2, -0.15) is 0 Å². The summed E-state index contributed by atoms with van der Waals surface area (Å²) in [6, 6.07) is 4.84. The Labute approximate surface area is 103 Å². The Hall–Kier alpha value is -1.35. The molecule has 1 atom stereocenters. The molecule has 0 aliphatic carbocycles. The maximum absolute atomic E-state index is 4.48. The number of nitrogens with one attached hydrogen (secondary N) is 1. The highest BCUT2D eigenvalue weighted by atomic mass is 15.1. The van der Waals surface area contributed by atoms with Gasteiger partial charge in [-0.05, 0) is 50.6 Å². The van der Waals surface area contributed by atoms with Crippen molar-refractivity contribution >= 4 is 11.0 Å². The maximum Gasteiger partial charge on any atom is 0.0961 e. The van der Waals surface area contributed by atoms with E-state index in [9.17, 15) is 0 Å². The zero-order chi connectivity index (χ0) is 12.4. The lowest BCUT2D eigenvalue weighted by Crippen LogP contribution is -2.22. The van der Waals surface area contributed by atoms with Gasteiger partial charge < -0.3 is 9.88 Å². The van der Waals surface area contributed by atoms with Gasteiger partial charge in [-0.3, -0.25) is 0 Å². The predicted octanol–water partition coefficient (Wildman–Crippen LogP) is 2.82. The van der Waals surface area contributed by atoms with Crippen molar-refractivity contribution in [3.8, 4) is 0 Å². The van der Waals surface area contributed by atoms with Crippen LogP contribution in [0.25, 0.3) is 11.0 Å². The van der Waals surface area contributed by atoms with Crippen molar-refractivity contribution < 1.29 is 0 Å². The van der Waals surface area contributed by atoms with Crippen LogP contribution < -0.4 is 5.32 Å². The summed E-state index contributed by atoms with van der Waals surface area (Å²) in [4.78, 5) is 4.48. The molecule has 0 saturated heterocycles. The Morgan fingerprint density at radius 3 is 2.71 bits per heavy atom. The molecular formula is C14H21N3. The van der Waals surface area contributed by atoms with Crippen LogP contribution in [0.3, 0.4) is 0 Å². The molecule has 2 aromatic rings. The van der Waals surface area contributed by atoms with Crippen LogP contribution in [0.2, 0.25) is 0 Å². The van der Waals surface area contributed by atoms with Crippen LogP contribution in [0.4, 0.5) is 0 Å². The molecule has 1 unspecified atom stereocenters. The minimum absolute atomic E-state index is 0.432. The fourth-order valence-corrected chi connectivity index (χ4v) is 2.09. The molecule has 3 heteroatoms. The number of fused-ring (bicyclic) bond motifs is 1. The Morgan fingerprint density at radius 2 is 2.00 bits per heavy atom. The second kappa shape index (κ2) is 4.88. The van der Waals surface area contributed by atoms with E-state index in [4.69, 9.17) is 0 Å². The van der Waals surface area contributed by atoms with E-state index in [1.165, 1.54) is 16.6 Å². The smallest absolute Gasteiger partial charge is 0.0961 e. The van der Waals surface area contributed by atoms with E-state index in [2.05, 4.69) is 54.7 Å². The number of benzene rings is 1. The fourth-order valence-electron chi connectivity index (χ4n) is 2.09. The first-order chi connectivity index (χ1) is 8.13. The van der Waals surface area contributed by atoms with Crippen LogP contribution in [0.15, 0.2) is 18.5 Å². The number of aryl methyl sites for hydroxylation is 2. The van der Waals surface area contributed by atoms with Crippen LogP contribution in [-0.2, 0) is 0 Å². The zero-order valence-electron chi connectivity index (χ0n) is 11.1. The first kappa shape index (κ1) is 12.1. The lowest BCUT2D eigenvalue weighted by atomic mass is 10.1. The molecule has 17 heavy (non-hydrogen) atoms. The monoisotopic (exact) mass is 231 g/mol. The molecule has 1 N–H and O–H groups in total. The molecule has 0 amide bonds. The summed E-state index contributed by atoms with van der Waals surface area (Å²) < 4.78 is 2.25. The highest BCUT2D eigenvalue weighted by Gasteiger charge is 2.09. The molecule has 0 fully saturated rings. The lowest BCUT2D eigenvalue weighted by molar-refractivity contribution is 0.512. The minimum atomic E-state index is 0.432. The molecule has 0 spiro atoms. The Kier molecular flexibility index (Phi) is 3.48. The Bertz CT molecular complexity index is 513. The van der Waals surface area contributed by atoms with Crippen LogP contribution >= 0.6 is 0 Å². The van der Waals surface area contributed by atoms with Crippen molar-refractivity contribution in [1.29, 1.82) is 0 Å². The average molecular weight is 231 g/mol. The summed E-state index contributed by atoms with van der Waals surface area (Å²) in [6.45, 7) is 10.6. The first-order valence-corrected chi connectivity index (χ1v) is 6.28. The van der Waals surface area contributed by atoms with Gasteiger partial charge >= 0.3 is 0 Å². The second-order valence-corrected chi connectivity index (χ2v) is 4.73. The Balaban J connectivity index is 2.38. The van der Waals surface area contributed by atoms with Crippen molar-refractivity contribution in [2.24, 2.45) is 0 Å². The third-order valence-electron chi connectivity index (χ3n) is 3.35. The largest absolute Gasteiger partial charge is 0.326 e. The average Bonchev–Trinajstić information content (AvgIpc) is 2.69. The summed E-state index contributed by atoms with van der Waals surface area (Å²) in [5.74, 6) is 0. The number of nitrogens with zero attached hydrogens (tertiary/aromatic N) is 2. The zero-order valence-corrected chi connectivity index (χ0v) is 11.1. The van der Waals surface area contributed by atoms with Crippen molar-refractivity contribution in [2.45, 2.75) is 33.7 Å². The first-order valence-electron chi connectivity index (χ1n) is 6.28. The number of hydrogen-bond acceptors (Lipinski definition) is 2. The van der Waals surface area contributed by atoms with Gasteiger partial charge in [0.05, 0.1) is 17.4 Å². The third-order valence-corrected chi connectivity index (χ3v) is 3.35. The molecule has 0 bridgehead atoms. The molecule has 0 aliphatic rings. The molecule has 1 aromatic carbocycles. The lowest BCUT2D eigenvalue weighted by Gasteiger charge is -2.15. The van der Waals surface area contributed by atoms with E-state index in [1.807, 2.05) is 6.33 Å². The second-order valence-electron chi connectivity index (χ2n) is 4.73. The maximum atomic E-state index is 4.48. The third kappa shape index (κ3) is 2.34. The molecule has 1 aromatic heterocycles. The number of imidazole rings is 1. The summed E-state index contributed by atoms with van der Waals surface area (Å²) in [7, 11) is 0. The van der Waals surface area contributed by atoms with Gasteiger partial charge in [-0.15, -0.1) is 0 Å². The van der Waals surface area contributed by atoms with Crippen molar-refractivity contribution in [3.63, 3.8) is 0 Å². The predicted molar refractivity (Wildman–Crippen MR) is 72.5 cm³/mol. The highest BCUT2D eigenvalue weighted by molar-refractivity contribution is 5.77. The SMILES string of the molecule is CCNCC(C)n1cnc2cc(C)c(C)cc21. The minimum Gasteiger partial charge on any atom is -0.326 e. The normalized spacial score (nSPS) is 13.2. The van der Waals surface area contributed by atoms with Gasteiger partial charge in [0.2, 0.25) is 0 Å². The van der Waals surface area contributed by atoms with Crippen LogP contribution in [-0.4, -0.2) is 22.6 Å². The van der Waals surface area contributed by atoms with E-state index >= 15 is 0 Å². The van der Waals surface area contributed by atoms with Crippen LogP contribution in [0.1, 0.15) is 31.0 Å². The molecule has 3 nitrogen and oxygen atoms in total. The number of hydrogen-bond donors (Lipinski definition) is 1. The Morgan fingerprint density at radius 1 is 1.29 bits per heavy atom. The summed E-state index contributed by atoms with van der Waals surface area (Å²) in [5.41, 5.74) is 4.96. The van der Waals surface area contributed by atoms with Gasteiger partial charge in [0.1, 0.15) is 0 Å². The van der Waals surface area contributed by atoms with E-state index in [-0.39, 0.29) is 0 Å². The highest BCUT2D eigenvalue weighted by Crippen LogP contribution is 2.21. The molecule has 1 heterocycles. The number of rotatable bonds is 4. The molecule has 92 valence electrons. The molecule has 0 radical (unpaired) electrons. The fraction of sp³-hybridized carbons (Fsp3) is 0.500. The molecule has 0 saturated carbocycles. The van der Waals surface area contributed by atoms with Crippen molar-refractivity contribution in [1.82, 2.24) is 14.9 Å². The number of likely N-dealkylation sites (N-methyl/N-ethyl adjacent to an activating group) is 1. The van der Waals surface area contributed by atoms with Crippen LogP contribution in [0, 0.1) is 13.8 Å². The summed E-state index contributed by atoms with van der Waals surface area (Å²) in [6.07, 6.45) is 1.95. The summed E-state index contributed by atoms with van der Waals surface area (Å²) in [5, 5.41) is 3.38. The summed E-state index contributed by atoms with van der Waals surface area (Å²) >= 11 is 0. The van der Waals surface area contributed by atoms with Crippen molar-refractivity contribution in [2.75, 3.05) is 13.1 Å².